The highest BCUT2D eigenvalue weighted by molar-refractivity contribution is 9.10. The van der Waals surface area contributed by atoms with Crippen molar-refractivity contribution in [1.29, 1.82) is 0 Å². The summed E-state index contributed by atoms with van der Waals surface area (Å²) < 4.78 is 32.4. The maximum absolute atomic E-state index is 13.0. The standard InChI is InChI=1S/C21H26BrClN4O5S2/c1-21(2,3)32-20(29)25-5-6-26(12(10-25)11-34(4,30)31)18-13-9-14(23)15(22)17-16(13)27(7-8-33-17)19(28)24-18/h9,12H,5-8,10-11H2,1-4H3/t12-/m1/s1. The molecule has 0 aliphatic carbocycles. The van der Waals surface area contributed by atoms with Gasteiger partial charge in [0.25, 0.3) is 0 Å². The van der Waals surface area contributed by atoms with Gasteiger partial charge in [-0.1, -0.05) is 11.6 Å². The van der Waals surface area contributed by atoms with Crippen LogP contribution in [0.15, 0.2) is 20.2 Å². The quantitative estimate of drug-likeness (QED) is 0.534. The average Bonchev–Trinajstić information content (AvgIpc) is 2.71. The summed E-state index contributed by atoms with van der Waals surface area (Å²) in [4.78, 5) is 34.2. The van der Waals surface area contributed by atoms with Gasteiger partial charge in [0, 0.05) is 48.5 Å². The zero-order valence-electron chi connectivity index (χ0n) is 19.3. The lowest BCUT2D eigenvalue weighted by atomic mass is 10.1. The van der Waals surface area contributed by atoms with Crippen LogP contribution in [0.4, 0.5) is 10.6 Å². The zero-order valence-corrected chi connectivity index (χ0v) is 23.3. The minimum atomic E-state index is -3.41. The van der Waals surface area contributed by atoms with Gasteiger partial charge >= 0.3 is 11.8 Å². The Kier molecular flexibility index (Phi) is 6.91. The maximum atomic E-state index is 13.0. The number of thioether (sulfide) groups is 1. The summed E-state index contributed by atoms with van der Waals surface area (Å²) in [5.74, 6) is 0.893. The third kappa shape index (κ3) is 5.19. The highest BCUT2D eigenvalue weighted by Gasteiger charge is 2.36. The first-order chi connectivity index (χ1) is 15.7. The summed E-state index contributed by atoms with van der Waals surface area (Å²) in [5, 5.41) is 1.16. The van der Waals surface area contributed by atoms with Crippen LogP contribution >= 0.6 is 39.3 Å². The number of benzene rings is 1. The van der Waals surface area contributed by atoms with E-state index in [2.05, 4.69) is 20.9 Å². The van der Waals surface area contributed by atoms with Gasteiger partial charge in [-0.3, -0.25) is 4.57 Å². The first-order valence-corrected chi connectivity index (χ1v) is 14.9. The number of hydrogen-bond donors (Lipinski definition) is 0. The Labute approximate surface area is 215 Å². The zero-order chi connectivity index (χ0) is 25.0. The molecule has 1 aromatic carbocycles. The molecule has 0 radical (unpaired) electrons. The Hall–Kier alpha value is -1.50. The summed E-state index contributed by atoms with van der Waals surface area (Å²) in [5.41, 5.74) is -0.337. The first-order valence-electron chi connectivity index (χ1n) is 10.7. The molecule has 3 heterocycles. The smallest absolute Gasteiger partial charge is 0.410 e. The molecule has 1 saturated heterocycles. The Morgan fingerprint density at radius 2 is 2.03 bits per heavy atom. The van der Waals surface area contributed by atoms with E-state index in [9.17, 15) is 18.0 Å². The fraction of sp³-hybridized carbons (Fsp3) is 0.571. The molecule has 34 heavy (non-hydrogen) atoms. The Bertz CT molecular complexity index is 1330. The molecule has 0 spiro atoms. The van der Waals surface area contributed by atoms with E-state index in [1.54, 1.807) is 43.2 Å². The van der Waals surface area contributed by atoms with Crippen molar-refractivity contribution in [2.45, 2.75) is 43.9 Å². The number of ether oxygens (including phenoxy) is 1. The van der Waals surface area contributed by atoms with Crippen LogP contribution in [0.1, 0.15) is 20.8 Å². The number of hydrogen-bond acceptors (Lipinski definition) is 8. The number of rotatable bonds is 3. The normalized spacial score (nSPS) is 18.9. The van der Waals surface area contributed by atoms with Crippen LogP contribution in [0, 0.1) is 0 Å². The van der Waals surface area contributed by atoms with Gasteiger partial charge < -0.3 is 14.5 Å². The van der Waals surface area contributed by atoms with Crippen LogP contribution in [0.25, 0.3) is 10.9 Å². The molecule has 1 aromatic heterocycles. The molecule has 9 nitrogen and oxygen atoms in total. The topological polar surface area (TPSA) is 102 Å². The van der Waals surface area contributed by atoms with Crippen molar-refractivity contribution < 1.29 is 17.9 Å². The molecule has 0 unspecified atom stereocenters. The fourth-order valence-corrected chi connectivity index (χ4v) is 7.22. The molecule has 0 N–H and O–H groups in total. The number of aryl methyl sites for hydroxylation is 1. The van der Waals surface area contributed by atoms with Gasteiger partial charge in [-0.25, -0.2) is 18.0 Å². The lowest BCUT2D eigenvalue weighted by Gasteiger charge is -2.42. The summed E-state index contributed by atoms with van der Waals surface area (Å²) in [6.07, 6.45) is 0.654. The van der Waals surface area contributed by atoms with E-state index in [1.807, 2.05) is 4.90 Å². The van der Waals surface area contributed by atoms with Gasteiger partial charge in [0.1, 0.15) is 21.3 Å². The van der Waals surface area contributed by atoms with E-state index in [-0.39, 0.29) is 12.3 Å². The average molecular weight is 594 g/mol. The Morgan fingerprint density at radius 1 is 1.32 bits per heavy atom. The number of nitrogens with zero attached hydrogens (tertiary/aromatic N) is 4. The molecule has 2 aliphatic rings. The molecule has 0 bridgehead atoms. The second kappa shape index (κ2) is 9.18. The highest BCUT2D eigenvalue weighted by Crippen LogP contribution is 2.43. The SMILES string of the molecule is CC(C)(C)OC(=O)N1CCN(c2nc(=O)n3c4c(c(Br)c(Cl)cc24)SCC3)[C@@H](CS(C)(=O)=O)C1. The maximum Gasteiger partial charge on any atom is 0.410 e. The van der Waals surface area contributed by atoms with Crippen molar-refractivity contribution in [3.63, 3.8) is 0 Å². The number of amides is 1. The van der Waals surface area contributed by atoms with Crippen LogP contribution in [0.2, 0.25) is 5.02 Å². The second-order valence-corrected chi connectivity index (χ2v) is 14.0. The van der Waals surface area contributed by atoms with E-state index in [4.69, 9.17) is 16.3 Å². The second-order valence-electron chi connectivity index (χ2n) is 9.48. The van der Waals surface area contributed by atoms with Gasteiger partial charge in [-0.2, -0.15) is 4.98 Å². The number of aromatic nitrogens is 2. The van der Waals surface area contributed by atoms with Crippen molar-refractivity contribution >= 4 is 71.9 Å². The molecule has 13 heteroatoms. The minimum absolute atomic E-state index is 0.125. The molecular weight excluding hydrogens is 568 g/mol. The fourth-order valence-electron chi connectivity index (χ4n) is 4.25. The van der Waals surface area contributed by atoms with Crippen molar-refractivity contribution in [1.82, 2.24) is 14.5 Å². The largest absolute Gasteiger partial charge is 0.444 e. The molecule has 186 valence electrons. The van der Waals surface area contributed by atoms with E-state index in [0.717, 1.165) is 21.1 Å². The van der Waals surface area contributed by atoms with E-state index < -0.39 is 33.3 Å². The third-order valence-corrected chi connectivity index (χ3v) is 9.23. The van der Waals surface area contributed by atoms with Crippen molar-refractivity contribution in [3.8, 4) is 0 Å². The number of sulfone groups is 1. The predicted molar refractivity (Wildman–Crippen MR) is 138 cm³/mol. The molecule has 2 aliphatic heterocycles. The highest BCUT2D eigenvalue weighted by atomic mass is 79.9. The number of piperazine rings is 1. The molecule has 4 rings (SSSR count). The van der Waals surface area contributed by atoms with E-state index in [0.29, 0.717) is 41.6 Å². The van der Waals surface area contributed by atoms with Crippen LogP contribution in [-0.4, -0.2) is 78.0 Å². The molecule has 2 aromatic rings. The molecular formula is C21H26BrClN4O5S2. The van der Waals surface area contributed by atoms with Gasteiger partial charge in [-0.15, -0.1) is 11.8 Å². The van der Waals surface area contributed by atoms with Crippen LogP contribution in [0.5, 0.6) is 0 Å². The van der Waals surface area contributed by atoms with Crippen LogP contribution in [0.3, 0.4) is 0 Å². The number of anilines is 1. The molecule has 1 atom stereocenters. The summed E-state index contributed by atoms with van der Waals surface area (Å²) in [6.45, 7) is 6.58. The lowest BCUT2D eigenvalue weighted by molar-refractivity contribution is 0.0219. The Morgan fingerprint density at radius 3 is 2.68 bits per heavy atom. The lowest BCUT2D eigenvalue weighted by Crippen LogP contribution is -2.58. The van der Waals surface area contributed by atoms with E-state index >= 15 is 0 Å². The number of halogens is 2. The van der Waals surface area contributed by atoms with E-state index in [1.165, 1.54) is 4.90 Å². The number of carbonyl (C=O) groups is 1. The van der Waals surface area contributed by atoms with Crippen molar-refractivity contribution in [2.75, 3.05) is 42.3 Å². The molecule has 1 amide bonds. The van der Waals surface area contributed by atoms with Gasteiger partial charge in [0.05, 0.1) is 26.8 Å². The molecule has 0 saturated carbocycles. The Balaban J connectivity index is 1.81. The van der Waals surface area contributed by atoms with Crippen molar-refractivity contribution in [3.05, 3.63) is 26.0 Å². The third-order valence-electron chi connectivity index (χ3n) is 5.56. The van der Waals surface area contributed by atoms with Gasteiger partial charge in [0.15, 0.2) is 0 Å². The predicted octanol–water partition coefficient (Wildman–Crippen LogP) is 3.39. The van der Waals surface area contributed by atoms with Crippen LogP contribution in [-0.2, 0) is 21.1 Å². The summed E-state index contributed by atoms with van der Waals surface area (Å²) >= 11 is 11.6. The monoisotopic (exact) mass is 592 g/mol. The number of carbonyl (C=O) groups excluding carboxylic acids is 1. The first kappa shape index (κ1) is 25.6. The minimum Gasteiger partial charge on any atom is -0.444 e. The van der Waals surface area contributed by atoms with Crippen molar-refractivity contribution in [2.24, 2.45) is 0 Å². The molecule has 1 fully saturated rings. The van der Waals surface area contributed by atoms with Gasteiger partial charge in [0.2, 0.25) is 0 Å². The van der Waals surface area contributed by atoms with Gasteiger partial charge in [-0.05, 0) is 42.8 Å². The van der Waals surface area contributed by atoms with Crippen LogP contribution < -0.4 is 10.6 Å². The summed E-state index contributed by atoms with van der Waals surface area (Å²) in [7, 11) is -3.41. The summed E-state index contributed by atoms with van der Waals surface area (Å²) in [6, 6.07) is 1.15.